The van der Waals surface area contributed by atoms with E-state index in [4.69, 9.17) is 9.57 Å². The number of ether oxygens (including phenoxy) is 1. The first kappa shape index (κ1) is 34.5. The minimum atomic E-state index is -0.208. The van der Waals surface area contributed by atoms with Gasteiger partial charge in [-0.3, -0.25) is 14.5 Å². The van der Waals surface area contributed by atoms with Gasteiger partial charge in [0.1, 0.15) is 13.2 Å². The zero-order valence-corrected chi connectivity index (χ0v) is 28.5. The molecule has 0 atom stereocenters. The molecule has 45 heavy (non-hydrogen) atoms. The lowest BCUT2D eigenvalue weighted by atomic mass is 9.88. The standard InChI is InChI=1S/C37H54N4O4/c1-37(2,28-39-35(42)31-20-16-18-30-19-17-21-32(34(30)31)36(39)43)29-41(5,6)25-13-11-9-7-8-10-12-23-40(3,4)24-14-15-26-44-33-22-27-45-38-33/h16-21H,7-13,22-29H2,1-6H3/q+2. The van der Waals surface area contributed by atoms with Crippen LogP contribution in [0.4, 0.5) is 0 Å². The van der Waals surface area contributed by atoms with Gasteiger partial charge in [0.15, 0.2) is 6.61 Å². The Balaban J connectivity index is 1.10. The first-order valence-corrected chi connectivity index (χ1v) is 16.7. The molecule has 0 spiro atoms. The highest BCUT2D eigenvalue weighted by atomic mass is 16.7. The second-order valence-corrected chi connectivity index (χ2v) is 14.9. The summed E-state index contributed by atoms with van der Waals surface area (Å²) in [6, 6.07) is 11.4. The molecule has 0 unspecified atom stereocenters. The maximum Gasteiger partial charge on any atom is 0.261 e. The lowest BCUT2D eigenvalue weighted by molar-refractivity contribution is -0.896. The van der Waals surface area contributed by atoms with E-state index in [1.165, 1.54) is 49.8 Å². The highest BCUT2D eigenvalue weighted by Gasteiger charge is 2.38. The summed E-state index contributed by atoms with van der Waals surface area (Å²) in [6.07, 6.45) is 9.48. The lowest BCUT2D eigenvalue weighted by Gasteiger charge is -2.40. The maximum absolute atomic E-state index is 13.4. The first-order valence-electron chi connectivity index (χ1n) is 16.7. The average molecular weight is 619 g/mol. The molecule has 0 N–H and O–H groups in total. The number of amides is 2. The summed E-state index contributed by atoms with van der Waals surface area (Å²) in [6.45, 7) is 9.70. The van der Waals surface area contributed by atoms with Crippen molar-refractivity contribution in [3.8, 4) is 11.8 Å². The lowest BCUT2D eigenvalue weighted by Crippen LogP contribution is -2.52. The van der Waals surface area contributed by atoms with Crippen LogP contribution in [0.1, 0.15) is 85.9 Å². The Hall–Kier alpha value is -3.41. The molecule has 2 aliphatic rings. The zero-order chi connectivity index (χ0) is 32.5. The summed E-state index contributed by atoms with van der Waals surface area (Å²) < 4.78 is 7.27. The van der Waals surface area contributed by atoms with Crippen molar-refractivity contribution >= 4 is 28.5 Å². The summed E-state index contributed by atoms with van der Waals surface area (Å²) in [5, 5.41) is 5.55. The van der Waals surface area contributed by atoms with Gasteiger partial charge in [0.2, 0.25) is 5.90 Å². The summed E-state index contributed by atoms with van der Waals surface area (Å²) in [5.41, 5.74) is 1.06. The molecule has 2 aliphatic heterocycles. The van der Waals surface area contributed by atoms with Crippen LogP contribution in [-0.2, 0) is 9.57 Å². The van der Waals surface area contributed by atoms with E-state index >= 15 is 0 Å². The fraction of sp³-hybridized carbons (Fsp3) is 0.595. The van der Waals surface area contributed by atoms with Gasteiger partial charge in [-0.25, -0.2) is 0 Å². The molecule has 2 aromatic carbocycles. The number of unbranched alkanes of at least 4 members (excludes halogenated alkanes) is 6. The number of imide groups is 1. The van der Waals surface area contributed by atoms with E-state index in [-0.39, 0.29) is 17.2 Å². The van der Waals surface area contributed by atoms with Crippen LogP contribution in [0, 0.1) is 17.3 Å². The Morgan fingerprint density at radius 1 is 0.844 bits per heavy atom. The molecule has 2 heterocycles. The van der Waals surface area contributed by atoms with Gasteiger partial charge in [-0.1, -0.05) is 68.5 Å². The van der Waals surface area contributed by atoms with E-state index < -0.39 is 0 Å². The van der Waals surface area contributed by atoms with Crippen molar-refractivity contribution in [2.75, 3.05) is 74.1 Å². The van der Waals surface area contributed by atoms with Crippen LogP contribution in [0.2, 0.25) is 0 Å². The van der Waals surface area contributed by atoms with E-state index in [1.807, 2.05) is 36.4 Å². The SMILES string of the molecule is CC(C)(CN1C(=O)c2cccc3cccc(c23)C1=O)C[N+](C)(C)CCCCCCCCC[N+](C)(C)CC#CCOC1=NOCC1. The molecule has 0 bridgehead atoms. The van der Waals surface area contributed by atoms with Crippen LogP contribution in [-0.4, -0.2) is 106 Å². The van der Waals surface area contributed by atoms with Gasteiger partial charge in [0.25, 0.3) is 11.8 Å². The molecular formula is C37H54N4O4+2. The van der Waals surface area contributed by atoms with E-state index in [0.717, 1.165) is 52.3 Å². The molecule has 0 saturated carbocycles. The normalized spacial score (nSPS) is 15.2. The molecule has 4 rings (SSSR count). The van der Waals surface area contributed by atoms with Crippen LogP contribution in [0.25, 0.3) is 10.8 Å². The fourth-order valence-corrected chi connectivity index (χ4v) is 6.82. The van der Waals surface area contributed by atoms with Crippen LogP contribution >= 0.6 is 0 Å². The summed E-state index contributed by atoms with van der Waals surface area (Å²) in [4.78, 5) is 33.3. The molecule has 244 valence electrons. The molecule has 0 aliphatic carbocycles. The second kappa shape index (κ2) is 15.2. The van der Waals surface area contributed by atoms with Crippen LogP contribution in [0.15, 0.2) is 41.6 Å². The highest BCUT2D eigenvalue weighted by molar-refractivity contribution is 6.25. The molecule has 8 heteroatoms. The first-order chi connectivity index (χ1) is 21.4. The van der Waals surface area contributed by atoms with Crippen molar-refractivity contribution in [2.45, 2.75) is 65.2 Å². The fourth-order valence-electron chi connectivity index (χ4n) is 6.82. The quantitative estimate of drug-likeness (QED) is 0.0987. The van der Waals surface area contributed by atoms with Gasteiger partial charge in [0.05, 0.1) is 54.2 Å². The number of carbonyl (C=O) groups excluding carboxylic acids is 2. The number of oxime groups is 1. The number of nitrogens with zero attached hydrogens (tertiary/aromatic N) is 4. The van der Waals surface area contributed by atoms with Gasteiger partial charge >= 0.3 is 0 Å². The molecule has 0 fully saturated rings. The van der Waals surface area contributed by atoms with Crippen molar-refractivity contribution < 1.29 is 28.1 Å². The van der Waals surface area contributed by atoms with Crippen LogP contribution < -0.4 is 0 Å². The number of benzene rings is 2. The van der Waals surface area contributed by atoms with E-state index in [9.17, 15) is 9.59 Å². The summed E-state index contributed by atoms with van der Waals surface area (Å²) in [5.74, 6) is 6.64. The van der Waals surface area contributed by atoms with Crippen molar-refractivity contribution in [3.63, 3.8) is 0 Å². The molecule has 0 saturated heterocycles. The Kier molecular flexibility index (Phi) is 11.7. The molecule has 0 aromatic heterocycles. The molecule has 8 nitrogen and oxygen atoms in total. The number of quaternary nitrogens is 2. The summed E-state index contributed by atoms with van der Waals surface area (Å²) in [7, 11) is 9.03. The Bertz CT molecular complexity index is 1380. The smallest absolute Gasteiger partial charge is 0.261 e. The predicted molar refractivity (Wildman–Crippen MR) is 181 cm³/mol. The zero-order valence-electron chi connectivity index (χ0n) is 28.5. The monoisotopic (exact) mass is 618 g/mol. The Morgan fingerprint density at radius 3 is 2.00 bits per heavy atom. The number of hydrogen-bond donors (Lipinski definition) is 0. The maximum atomic E-state index is 13.4. The number of rotatable bonds is 16. The Morgan fingerprint density at radius 2 is 1.42 bits per heavy atom. The van der Waals surface area contributed by atoms with Gasteiger partial charge in [-0.2, -0.15) is 0 Å². The number of carbonyl (C=O) groups is 2. The third-order valence-electron chi connectivity index (χ3n) is 8.84. The second-order valence-electron chi connectivity index (χ2n) is 14.9. The minimum absolute atomic E-state index is 0.175. The van der Waals surface area contributed by atoms with Crippen molar-refractivity contribution in [3.05, 3.63) is 47.5 Å². The summed E-state index contributed by atoms with van der Waals surface area (Å²) >= 11 is 0. The van der Waals surface area contributed by atoms with Crippen LogP contribution in [0.5, 0.6) is 0 Å². The third-order valence-corrected chi connectivity index (χ3v) is 8.84. The van der Waals surface area contributed by atoms with Crippen molar-refractivity contribution in [1.29, 1.82) is 0 Å². The van der Waals surface area contributed by atoms with Gasteiger partial charge in [-0.15, -0.1) is 0 Å². The van der Waals surface area contributed by atoms with Crippen molar-refractivity contribution in [2.24, 2.45) is 10.6 Å². The van der Waals surface area contributed by atoms with E-state index in [1.54, 1.807) is 0 Å². The molecule has 0 radical (unpaired) electrons. The van der Waals surface area contributed by atoms with Gasteiger partial charge < -0.3 is 18.5 Å². The van der Waals surface area contributed by atoms with Gasteiger partial charge in [0, 0.05) is 28.5 Å². The Labute approximate surface area is 270 Å². The topological polar surface area (TPSA) is 68.2 Å². The predicted octanol–water partition coefficient (Wildman–Crippen LogP) is 6.10. The van der Waals surface area contributed by atoms with E-state index in [2.05, 4.69) is 59.0 Å². The molecular weight excluding hydrogens is 564 g/mol. The number of hydrogen-bond acceptors (Lipinski definition) is 5. The highest BCUT2D eigenvalue weighted by Crippen LogP contribution is 2.32. The van der Waals surface area contributed by atoms with Crippen LogP contribution in [0.3, 0.4) is 0 Å². The minimum Gasteiger partial charge on any atom is -0.465 e. The van der Waals surface area contributed by atoms with Gasteiger partial charge in [-0.05, 0) is 49.1 Å². The third kappa shape index (κ3) is 10.0. The largest absolute Gasteiger partial charge is 0.465 e. The average Bonchev–Trinajstić information content (AvgIpc) is 3.50. The van der Waals surface area contributed by atoms with E-state index in [0.29, 0.717) is 36.8 Å². The van der Waals surface area contributed by atoms with Crippen molar-refractivity contribution in [1.82, 2.24) is 4.90 Å². The molecule has 2 amide bonds. The molecule has 2 aromatic rings.